The summed E-state index contributed by atoms with van der Waals surface area (Å²) >= 11 is 0. The zero-order valence-electron chi connectivity index (χ0n) is 9.67. The minimum absolute atomic E-state index is 0.166. The summed E-state index contributed by atoms with van der Waals surface area (Å²) in [5, 5.41) is 16.0. The molecule has 2 N–H and O–H groups in total. The Bertz CT molecular complexity index is 355. The van der Waals surface area contributed by atoms with Crippen LogP contribution in [0.3, 0.4) is 0 Å². The van der Waals surface area contributed by atoms with Crippen LogP contribution in [0.4, 0.5) is 0 Å². The molecule has 7 nitrogen and oxygen atoms in total. The van der Waals surface area contributed by atoms with E-state index < -0.39 is 11.5 Å². The van der Waals surface area contributed by atoms with Crippen LogP contribution < -0.4 is 5.32 Å². The van der Waals surface area contributed by atoms with Crippen molar-refractivity contribution in [2.24, 2.45) is 11.0 Å². The van der Waals surface area contributed by atoms with Crippen LogP contribution in [-0.4, -0.2) is 54.2 Å². The van der Waals surface area contributed by atoms with Crippen LogP contribution in [0.2, 0.25) is 0 Å². The van der Waals surface area contributed by atoms with E-state index in [0.29, 0.717) is 19.5 Å². The summed E-state index contributed by atoms with van der Waals surface area (Å²) in [6, 6.07) is 0. The molecular formula is C10H17N5O2. The van der Waals surface area contributed by atoms with Crippen molar-refractivity contribution >= 4 is 5.97 Å². The molecular weight excluding hydrogens is 222 g/mol. The number of azide groups is 1. The summed E-state index contributed by atoms with van der Waals surface area (Å²) in [6.45, 7) is 3.41. The third-order valence-electron chi connectivity index (χ3n) is 3.89. The smallest absolute Gasteiger partial charge is 0.324 e. The number of piperidine rings is 1. The van der Waals surface area contributed by atoms with Gasteiger partial charge in [-0.3, -0.25) is 4.79 Å². The Hall–Kier alpha value is -1.30. The number of carbonyl (C=O) groups is 1. The summed E-state index contributed by atoms with van der Waals surface area (Å²) in [5.74, 6) is -0.607. The van der Waals surface area contributed by atoms with Gasteiger partial charge in [0.2, 0.25) is 0 Å². The zero-order valence-corrected chi connectivity index (χ0v) is 9.67. The lowest BCUT2D eigenvalue weighted by Crippen LogP contribution is -2.61. The summed E-state index contributed by atoms with van der Waals surface area (Å²) in [4.78, 5) is 16.5. The molecule has 2 aliphatic heterocycles. The minimum atomic E-state index is -0.821. The first-order chi connectivity index (χ1) is 8.19. The van der Waals surface area contributed by atoms with E-state index in [1.54, 1.807) is 0 Å². The van der Waals surface area contributed by atoms with Gasteiger partial charge in [0.15, 0.2) is 0 Å². The lowest BCUT2D eigenvalue weighted by molar-refractivity contribution is -0.149. The largest absolute Gasteiger partial charge is 0.480 e. The number of fused-ring (bicyclic) bond motifs is 2. The molecule has 0 aromatic carbocycles. The van der Waals surface area contributed by atoms with E-state index in [0.717, 1.165) is 26.1 Å². The third kappa shape index (κ3) is 2.22. The molecule has 2 fully saturated rings. The molecule has 0 spiro atoms. The van der Waals surface area contributed by atoms with Crippen molar-refractivity contribution in [2.75, 3.05) is 32.7 Å². The molecule has 2 heterocycles. The molecule has 17 heavy (non-hydrogen) atoms. The van der Waals surface area contributed by atoms with Gasteiger partial charge in [0, 0.05) is 37.0 Å². The van der Waals surface area contributed by atoms with Gasteiger partial charge < -0.3 is 15.3 Å². The van der Waals surface area contributed by atoms with E-state index in [1.165, 1.54) is 0 Å². The van der Waals surface area contributed by atoms with Crippen LogP contribution in [0.5, 0.6) is 0 Å². The van der Waals surface area contributed by atoms with Crippen LogP contribution in [0.15, 0.2) is 5.11 Å². The predicted octanol–water partition coefficient (Wildman–Crippen LogP) is 0.435. The van der Waals surface area contributed by atoms with Crippen LogP contribution in [0.1, 0.15) is 12.8 Å². The Morgan fingerprint density at radius 1 is 1.65 bits per heavy atom. The van der Waals surface area contributed by atoms with Gasteiger partial charge in [0.1, 0.15) is 5.54 Å². The van der Waals surface area contributed by atoms with Crippen molar-refractivity contribution < 1.29 is 9.90 Å². The third-order valence-corrected chi connectivity index (χ3v) is 3.89. The van der Waals surface area contributed by atoms with Gasteiger partial charge in [-0.05, 0) is 24.9 Å². The number of rotatable bonds is 5. The van der Waals surface area contributed by atoms with Gasteiger partial charge in [0.05, 0.1) is 0 Å². The molecule has 3 atom stereocenters. The normalized spacial score (nSPS) is 35.3. The van der Waals surface area contributed by atoms with Crippen LogP contribution in [0.25, 0.3) is 10.4 Å². The quantitative estimate of drug-likeness (QED) is 0.314. The van der Waals surface area contributed by atoms with Gasteiger partial charge in [-0.1, -0.05) is 5.11 Å². The van der Waals surface area contributed by atoms with Crippen molar-refractivity contribution in [3.63, 3.8) is 0 Å². The van der Waals surface area contributed by atoms with Gasteiger partial charge in [0.25, 0.3) is 0 Å². The zero-order chi connectivity index (χ0) is 12.3. The monoisotopic (exact) mass is 239 g/mol. The highest BCUT2D eigenvalue weighted by atomic mass is 16.4. The fourth-order valence-electron chi connectivity index (χ4n) is 2.94. The maximum atomic E-state index is 11.5. The second-order valence-corrected chi connectivity index (χ2v) is 4.69. The molecule has 0 amide bonds. The molecule has 0 radical (unpaired) electrons. The number of carboxylic acids is 1. The summed E-state index contributed by atoms with van der Waals surface area (Å²) < 4.78 is 0. The molecule has 0 aliphatic carbocycles. The number of carboxylic acid groups (broad SMARTS) is 1. The highest BCUT2D eigenvalue weighted by molar-refractivity contribution is 5.79. The lowest BCUT2D eigenvalue weighted by Gasteiger charge is -2.40. The highest BCUT2D eigenvalue weighted by Gasteiger charge is 2.51. The van der Waals surface area contributed by atoms with Gasteiger partial charge >= 0.3 is 5.97 Å². The molecule has 2 bridgehead atoms. The topological polar surface area (TPSA) is 101 Å². The Kier molecular flexibility index (Phi) is 3.51. The van der Waals surface area contributed by atoms with E-state index in [-0.39, 0.29) is 5.92 Å². The number of nitrogens with one attached hydrogen (secondary N) is 1. The number of hydrogen-bond donors (Lipinski definition) is 2. The molecule has 0 aromatic rings. The molecule has 2 saturated heterocycles. The van der Waals surface area contributed by atoms with Gasteiger partial charge in [-0.15, -0.1) is 0 Å². The van der Waals surface area contributed by atoms with E-state index in [4.69, 9.17) is 5.53 Å². The lowest BCUT2D eigenvalue weighted by atomic mass is 9.78. The van der Waals surface area contributed by atoms with Crippen LogP contribution in [-0.2, 0) is 4.79 Å². The standard InChI is InChI=1S/C10H17N5O2/c11-14-13-4-3-12-10(9(16)17)2-6-15-5-1-8(10)7-15/h8,12H,1-7H2,(H,16,17). The Labute approximate surface area is 99.4 Å². The highest BCUT2D eigenvalue weighted by Crippen LogP contribution is 2.35. The fourth-order valence-corrected chi connectivity index (χ4v) is 2.94. The van der Waals surface area contributed by atoms with Crippen molar-refractivity contribution in [2.45, 2.75) is 18.4 Å². The van der Waals surface area contributed by atoms with E-state index >= 15 is 0 Å². The molecule has 2 aliphatic rings. The van der Waals surface area contributed by atoms with E-state index in [1.807, 2.05) is 0 Å². The summed E-state index contributed by atoms with van der Waals surface area (Å²) in [6.07, 6.45) is 1.56. The second kappa shape index (κ2) is 4.91. The maximum absolute atomic E-state index is 11.5. The van der Waals surface area contributed by atoms with Crippen LogP contribution >= 0.6 is 0 Å². The Morgan fingerprint density at radius 2 is 2.47 bits per heavy atom. The maximum Gasteiger partial charge on any atom is 0.324 e. The Balaban J connectivity index is 2.04. The number of hydrogen-bond acceptors (Lipinski definition) is 4. The molecule has 94 valence electrons. The second-order valence-electron chi connectivity index (χ2n) is 4.69. The molecule has 3 unspecified atom stereocenters. The average Bonchev–Trinajstić information content (AvgIpc) is 2.71. The van der Waals surface area contributed by atoms with Crippen molar-refractivity contribution in [1.29, 1.82) is 0 Å². The predicted molar refractivity (Wildman–Crippen MR) is 61.5 cm³/mol. The summed E-state index contributed by atoms with van der Waals surface area (Å²) in [7, 11) is 0. The van der Waals surface area contributed by atoms with Crippen LogP contribution in [0, 0.1) is 5.92 Å². The van der Waals surface area contributed by atoms with Gasteiger partial charge in [-0.25, -0.2) is 0 Å². The average molecular weight is 239 g/mol. The first-order valence-electron chi connectivity index (χ1n) is 5.90. The van der Waals surface area contributed by atoms with Crippen molar-refractivity contribution in [3.05, 3.63) is 10.4 Å². The van der Waals surface area contributed by atoms with Crippen molar-refractivity contribution in [1.82, 2.24) is 10.2 Å². The first-order valence-corrected chi connectivity index (χ1v) is 5.90. The molecule has 0 aromatic heterocycles. The SMILES string of the molecule is [N-]=[N+]=NCCNC1(C(=O)O)CCN2CCC1C2. The molecule has 2 rings (SSSR count). The minimum Gasteiger partial charge on any atom is -0.480 e. The summed E-state index contributed by atoms with van der Waals surface area (Å²) in [5.41, 5.74) is 7.37. The van der Waals surface area contributed by atoms with Gasteiger partial charge in [-0.2, -0.15) is 0 Å². The van der Waals surface area contributed by atoms with E-state index in [9.17, 15) is 9.90 Å². The number of nitrogens with zero attached hydrogens (tertiary/aromatic N) is 4. The molecule has 0 saturated carbocycles. The van der Waals surface area contributed by atoms with E-state index in [2.05, 4.69) is 20.2 Å². The Morgan fingerprint density at radius 3 is 3.18 bits per heavy atom. The number of aliphatic carboxylic acids is 1. The molecule has 7 heteroatoms. The van der Waals surface area contributed by atoms with Crippen molar-refractivity contribution in [3.8, 4) is 0 Å². The fraction of sp³-hybridized carbons (Fsp3) is 0.900. The first kappa shape index (κ1) is 12.2.